The number of benzene rings is 4. The van der Waals surface area contributed by atoms with Crippen molar-refractivity contribution in [2.75, 3.05) is 20.2 Å². The Morgan fingerprint density at radius 3 is 2.36 bits per heavy atom. The van der Waals surface area contributed by atoms with E-state index in [0.29, 0.717) is 18.6 Å². The molecule has 5 nitrogen and oxygen atoms in total. The second kappa shape index (κ2) is 16.6. The fraction of sp³-hybridized carbons (Fsp3) is 0.350. The van der Waals surface area contributed by atoms with Gasteiger partial charge in [0, 0.05) is 19.0 Å². The smallest absolute Gasteiger partial charge is 0.337 e. The number of nitrogens with zero attached hydrogens (tertiary/aromatic N) is 2. The maximum Gasteiger partial charge on any atom is 0.337 e. The summed E-state index contributed by atoms with van der Waals surface area (Å²) >= 11 is 0. The molecule has 0 saturated carbocycles. The van der Waals surface area contributed by atoms with E-state index in [9.17, 15) is 4.79 Å². The van der Waals surface area contributed by atoms with Crippen LogP contribution in [-0.4, -0.2) is 31.1 Å². The monoisotopic (exact) mass is 600 g/mol. The molecule has 45 heavy (non-hydrogen) atoms. The SMILES string of the molecule is COC(=O)c1ccc2c(c1)CCCC2N(CCCCC#N)CCc1ccccc1OCc1ccc(CCc2ccccc2)cc1. The number of hydrogen-bond acceptors (Lipinski definition) is 5. The van der Waals surface area contributed by atoms with Crippen LogP contribution in [0.4, 0.5) is 0 Å². The van der Waals surface area contributed by atoms with Gasteiger partial charge in [-0.05, 0) is 109 Å². The fourth-order valence-electron chi connectivity index (χ4n) is 6.37. The lowest BCUT2D eigenvalue weighted by Gasteiger charge is -2.36. The number of carbonyl (C=O) groups excluding carboxylic acids is 1. The van der Waals surface area contributed by atoms with Gasteiger partial charge in [0.1, 0.15) is 12.4 Å². The van der Waals surface area contributed by atoms with E-state index in [-0.39, 0.29) is 12.0 Å². The molecule has 1 aliphatic carbocycles. The van der Waals surface area contributed by atoms with Gasteiger partial charge in [-0.25, -0.2) is 4.79 Å². The van der Waals surface area contributed by atoms with Crippen molar-refractivity contribution in [3.63, 3.8) is 0 Å². The summed E-state index contributed by atoms with van der Waals surface area (Å²) in [5.41, 5.74) is 8.24. The molecular weight excluding hydrogens is 556 g/mol. The summed E-state index contributed by atoms with van der Waals surface area (Å²) in [5.74, 6) is 0.644. The topological polar surface area (TPSA) is 62.6 Å². The average Bonchev–Trinajstić information content (AvgIpc) is 3.10. The highest BCUT2D eigenvalue weighted by atomic mass is 16.5. The van der Waals surface area contributed by atoms with Crippen LogP contribution in [0, 0.1) is 11.3 Å². The zero-order valence-corrected chi connectivity index (χ0v) is 26.4. The van der Waals surface area contributed by atoms with E-state index in [0.717, 1.165) is 75.8 Å². The highest BCUT2D eigenvalue weighted by molar-refractivity contribution is 5.89. The quantitative estimate of drug-likeness (QED) is 0.101. The molecule has 0 aliphatic heterocycles. The van der Waals surface area contributed by atoms with Gasteiger partial charge in [-0.3, -0.25) is 4.90 Å². The number of unbranched alkanes of at least 4 members (excludes halogenated alkanes) is 2. The molecule has 0 bridgehead atoms. The summed E-state index contributed by atoms with van der Waals surface area (Å²) in [5, 5.41) is 9.08. The van der Waals surface area contributed by atoms with Gasteiger partial charge in [-0.1, -0.05) is 78.9 Å². The van der Waals surface area contributed by atoms with Crippen LogP contribution >= 0.6 is 0 Å². The Balaban J connectivity index is 1.23. The van der Waals surface area contributed by atoms with Gasteiger partial charge in [-0.2, -0.15) is 5.26 Å². The first-order valence-electron chi connectivity index (χ1n) is 16.3. The number of ether oxygens (including phenoxy) is 2. The van der Waals surface area contributed by atoms with E-state index in [1.54, 1.807) is 0 Å². The van der Waals surface area contributed by atoms with Crippen molar-refractivity contribution in [1.82, 2.24) is 4.90 Å². The molecule has 1 aliphatic rings. The standard InChI is InChI=1S/C40H44N2O3/c1-44-40(43)36-23-24-37-35(29-36)14-10-15-38(37)42(27-9-3-8-26-41)28-25-34-13-6-7-16-39(34)45-30-33-21-19-32(20-22-33)18-17-31-11-4-2-5-12-31/h2,4-7,11-13,16,19-24,29,38H,3,8-10,14-15,17-18,25,27-28,30H2,1H3. The van der Waals surface area contributed by atoms with Crippen LogP contribution < -0.4 is 4.74 Å². The van der Waals surface area contributed by atoms with Crippen LogP contribution in [0.15, 0.2) is 97.1 Å². The van der Waals surface area contributed by atoms with Crippen LogP contribution in [0.5, 0.6) is 5.75 Å². The largest absolute Gasteiger partial charge is 0.489 e. The van der Waals surface area contributed by atoms with Gasteiger partial charge in [0.25, 0.3) is 0 Å². The Morgan fingerprint density at radius 2 is 1.58 bits per heavy atom. The molecule has 5 heteroatoms. The summed E-state index contributed by atoms with van der Waals surface area (Å²) in [4.78, 5) is 14.8. The summed E-state index contributed by atoms with van der Waals surface area (Å²) in [6.07, 6.45) is 8.56. The van der Waals surface area contributed by atoms with Crippen LogP contribution in [0.1, 0.15) is 81.9 Å². The van der Waals surface area contributed by atoms with E-state index >= 15 is 0 Å². The normalized spacial score (nSPS) is 14.0. The molecule has 0 aromatic heterocycles. The Morgan fingerprint density at radius 1 is 0.844 bits per heavy atom. The van der Waals surface area contributed by atoms with E-state index in [2.05, 4.69) is 89.8 Å². The van der Waals surface area contributed by atoms with Crippen molar-refractivity contribution in [3.8, 4) is 11.8 Å². The minimum atomic E-state index is -0.288. The minimum absolute atomic E-state index is 0.288. The van der Waals surface area contributed by atoms with E-state index in [1.165, 1.54) is 34.9 Å². The highest BCUT2D eigenvalue weighted by Crippen LogP contribution is 2.36. The van der Waals surface area contributed by atoms with Crippen molar-refractivity contribution in [2.45, 2.75) is 70.4 Å². The van der Waals surface area contributed by atoms with E-state index in [1.807, 2.05) is 18.2 Å². The van der Waals surface area contributed by atoms with Gasteiger partial charge in [0.05, 0.1) is 18.7 Å². The van der Waals surface area contributed by atoms with Crippen LogP contribution in [0.2, 0.25) is 0 Å². The molecule has 0 fully saturated rings. The Kier molecular flexibility index (Phi) is 11.8. The third-order valence-corrected chi connectivity index (χ3v) is 8.87. The van der Waals surface area contributed by atoms with Crippen molar-refractivity contribution < 1.29 is 14.3 Å². The number of nitriles is 1. The van der Waals surface area contributed by atoms with Crippen molar-refractivity contribution in [1.29, 1.82) is 5.26 Å². The first-order chi connectivity index (χ1) is 22.1. The Labute approximate surface area is 268 Å². The van der Waals surface area contributed by atoms with Gasteiger partial charge in [0.2, 0.25) is 0 Å². The number of para-hydroxylation sites is 1. The van der Waals surface area contributed by atoms with Crippen molar-refractivity contribution in [2.24, 2.45) is 0 Å². The molecule has 4 aromatic carbocycles. The van der Waals surface area contributed by atoms with Crippen LogP contribution in [-0.2, 0) is 37.0 Å². The Bertz CT molecular complexity index is 1560. The van der Waals surface area contributed by atoms with E-state index in [4.69, 9.17) is 14.7 Å². The number of hydrogen-bond donors (Lipinski definition) is 0. The third kappa shape index (κ3) is 9.06. The lowest BCUT2D eigenvalue weighted by Crippen LogP contribution is -2.34. The van der Waals surface area contributed by atoms with E-state index < -0.39 is 0 Å². The van der Waals surface area contributed by atoms with Crippen LogP contribution in [0.25, 0.3) is 0 Å². The summed E-state index contributed by atoms with van der Waals surface area (Å²) in [6.45, 7) is 2.36. The molecule has 0 amide bonds. The summed E-state index contributed by atoms with van der Waals surface area (Å²) in [7, 11) is 1.43. The number of carbonyl (C=O) groups is 1. The number of fused-ring (bicyclic) bond motifs is 1. The molecule has 1 atom stereocenters. The molecule has 0 heterocycles. The van der Waals surface area contributed by atoms with Crippen LogP contribution in [0.3, 0.4) is 0 Å². The number of esters is 1. The fourth-order valence-corrected chi connectivity index (χ4v) is 6.37. The number of rotatable bonds is 15. The van der Waals surface area contributed by atoms with Gasteiger partial charge >= 0.3 is 5.97 Å². The van der Waals surface area contributed by atoms with Crippen molar-refractivity contribution >= 4 is 5.97 Å². The third-order valence-electron chi connectivity index (χ3n) is 8.87. The zero-order valence-electron chi connectivity index (χ0n) is 26.4. The summed E-state index contributed by atoms with van der Waals surface area (Å²) in [6, 6.07) is 36.4. The minimum Gasteiger partial charge on any atom is -0.489 e. The molecule has 0 radical (unpaired) electrons. The Hall–Kier alpha value is -4.40. The second-order valence-electron chi connectivity index (χ2n) is 11.9. The molecule has 5 rings (SSSR count). The van der Waals surface area contributed by atoms with Gasteiger partial charge in [0.15, 0.2) is 0 Å². The second-order valence-corrected chi connectivity index (χ2v) is 11.9. The molecule has 0 N–H and O–H groups in total. The molecule has 0 saturated heterocycles. The predicted octanol–water partition coefficient (Wildman–Crippen LogP) is 8.45. The summed E-state index contributed by atoms with van der Waals surface area (Å²) < 4.78 is 11.4. The van der Waals surface area contributed by atoms with Gasteiger partial charge < -0.3 is 9.47 Å². The maximum atomic E-state index is 12.2. The molecular formula is C40H44N2O3. The lowest BCUT2D eigenvalue weighted by atomic mass is 9.85. The first-order valence-corrected chi connectivity index (χ1v) is 16.3. The number of aryl methyl sites for hydroxylation is 3. The predicted molar refractivity (Wildman–Crippen MR) is 179 cm³/mol. The lowest BCUT2D eigenvalue weighted by molar-refractivity contribution is 0.0600. The molecule has 232 valence electrons. The highest BCUT2D eigenvalue weighted by Gasteiger charge is 2.27. The molecule has 1 unspecified atom stereocenters. The molecule has 0 spiro atoms. The van der Waals surface area contributed by atoms with Crippen molar-refractivity contribution in [3.05, 3.63) is 136 Å². The zero-order chi connectivity index (χ0) is 31.3. The molecule has 4 aromatic rings. The maximum absolute atomic E-state index is 12.2. The average molecular weight is 601 g/mol. The first kappa shape index (κ1) is 32.0. The number of methoxy groups -OCH3 is 1. The van der Waals surface area contributed by atoms with Gasteiger partial charge in [-0.15, -0.1) is 0 Å².